The van der Waals surface area contributed by atoms with Gasteiger partial charge in [-0.25, -0.2) is 13.6 Å². The van der Waals surface area contributed by atoms with Crippen molar-refractivity contribution >= 4 is 11.9 Å². The van der Waals surface area contributed by atoms with Crippen molar-refractivity contribution in [1.82, 2.24) is 5.32 Å². The molecule has 0 heterocycles. The molecule has 1 aliphatic carbocycles. The van der Waals surface area contributed by atoms with E-state index in [1.807, 2.05) is 0 Å². The Balaban J connectivity index is 2.00. The number of carbonyl (C=O) groups is 2. The number of ether oxygens (including phenoxy) is 1. The van der Waals surface area contributed by atoms with Crippen LogP contribution in [-0.4, -0.2) is 35.8 Å². The summed E-state index contributed by atoms with van der Waals surface area (Å²) in [5.74, 6) is -2.61. The van der Waals surface area contributed by atoms with Crippen molar-refractivity contribution in [3.8, 4) is 5.75 Å². The zero-order valence-electron chi connectivity index (χ0n) is 13.4. The molecule has 144 valence electrons. The van der Waals surface area contributed by atoms with Gasteiger partial charge in [0.2, 0.25) is 12.3 Å². The van der Waals surface area contributed by atoms with Gasteiger partial charge in [-0.2, -0.15) is 0 Å². The second-order valence-electron chi connectivity index (χ2n) is 6.14. The van der Waals surface area contributed by atoms with Crippen LogP contribution in [0.3, 0.4) is 0 Å². The lowest BCUT2D eigenvalue weighted by atomic mass is 9.95. The number of aliphatic carboxylic acids is 1. The average molecular weight is 381 g/mol. The first kappa shape index (κ1) is 19.9. The number of amides is 1. The summed E-state index contributed by atoms with van der Waals surface area (Å²) in [7, 11) is 0. The highest BCUT2D eigenvalue weighted by Crippen LogP contribution is 2.49. The lowest BCUT2D eigenvalue weighted by Crippen LogP contribution is -2.45. The molecule has 5 nitrogen and oxygen atoms in total. The summed E-state index contributed by atoms with van der Waals surface area (Å²) in [6.45, 7) is 0. The number of benzene rings is 1. The summed E-state index contributed by atoms with van der Waals surface area (Å²) in [6, 6.07) is 3.24. The van der Waals surface area contributed by atoms with E-state index >= 15 is 0 Å². The van der Waals surface area contributed by atoms with Gasteiger partial charge in [-0.15, -0.1) is 13.2 Å². The van der Waals surface area contributed by atoms with Crippen LogP contribution < -0.4 is 10.1 Å². The fourth-order valence-corrected chi connectivity index (χ4v) is 2.55. The van der Waals surface area contributed by atoms with Gasteiger partial charge in [0.1, 0.15) is 11.8 Å². The van der Waals surface area contributed by atoms with Gasteiger partial charge in [0.15, 0.2) is 0 Å². The van der Waals surface area contributed by atoms with Crippen molar-refractivity contribution in [2.75, 3.05) is 0 Å². The van der Waals surface area contributed by atoms with Gasteiger partial charge < -0.3 is 15.2 Å². The van der Waals surface area contributed by atoms with E-state index in [2.05, 4.69) is 10.1 Å². The third kappa shape index (κ3) is 5.57. The number of halogens is 5. The molecule has 0 saturated heterocycles. The summed E-state index contributed by atoms with van der Waals surface area (Å²) < 4.78 is 64.9. The Labute approximate surface area is 145 Å². The van der Waals surface area contributed by atoms with Crippen LogP contribution in [0.1, 0.15) is 24.8 Å². The minimum absolute atomic E-state index is 0.159. The fourth-order valence-electron chi connectivity index (χ4n) is 2.55. The standard InChI is InChI=1S/C16H16F5NO4/c17-12(18)7-11(13(23)24)22-14(25)15(5-6-15)8-9-1-3-10(4-2-9)26-16(19,20)21/h1-4,11-12H,5-8H2,(H,22,25)(H,23,24). The normalized spacial score (nSPS) is 16.8. The molecular formula is C16H16F5NO4. The van der Waals surface area contributed by atoms with Crippen LogP contribution in [0, 0.1) is 5.41 Å². The number of carboxylic acid groups (broad SMARTS) is 1. The molecule has 10 heteroatoms. The van der Waals surface area contributed by atoms with Crippen molar-refractivity contribution in [1.29, 1.82) is 0 Å². The first-order valence-electron chi connectivity index (χ1n) is 7.67. The van der Waals surface area contributed by atoms with E-state index in [1.54, 1.807) is 0 Å². The largest absolute Gasteiger partial charge is 0.573 e. The molecule has 0 aromatic heterocycles. The van der Waals surface area contributed by atoms with Crippen molar-refractivity contribution in [3.05, 3.63) is 29.8 Å². The van der Waals surface area contributed by atoms with Crippen molar-refractivity contribution in [2.24, 2.45) is 5.41 Å². The second-order valence-corrected chi connectivity index (χ2v) is 6.14. The van der Waals surface area contributed by atoms with Crippen molar-refractivity contribution < 1.29 is 41.4 Å². The van der Waals surface area contributed by atoms with Crippen LogP contribution in [0.4, 0.5) is 22.0 Å². The van der Waals surface area contributed by atoms with Crippen LogP contribution in [0.5, 0.6) is 5.75 Å². The van der Waals surface area contributed by atoms with E-state index in [0.717, 1.165) is 12.1 Å². The molecule has 1 aromatic carbocycles. The fraction of sp³-hybridized carbons (Fsp3) is 0.500. The average Bonchev–Trinajstić information content (AvgIpc) is 3.27. The Morgan fingerprint density at radius 1 is 1.19 bits per heavy atom. The summed E-state index contributed by atoms with van der Waals surface area (Å²) in [5.41, 5.74) is -0.379. The highest BCUT2D eigenvalue weighted by atomic mass is 19.4. The molecule has 1 saturated carbocycles. The maximum Gasteiger partial charge on any atom is 0.573 e. The van der Waals surface area contributed by atoms with Gasteiger partial charge in [0.25, 0.3) is 0 Å². The number of alkyl halides is 5. The molecule has 0 spiro atoms. The summed E-state index contributed by atoms with van der Waals surface area (Å²) >= 11 is 0. The molecular weight excluding hydrogens is 365 g/mol. The smallest absolute Gasteiger partial charge is 0.480 e. The Morgan fingerprint density at radius 2 is 1.77 bits per heavy atom. The Hall–Kier alpha value is -2.39. The number of carboxylic acids is 1. The topological polar surface area (TPSA) is 75.6 Å². The molecule has 2 rings (SSSR count). The number of rotatable bonds is 8. The zero-order chi connectivity index (χ0) is 19.5. The SMILES string of the molecule is O=C(O)C(CC(F)F)NC(=O)C1(Cc2ccc(OC(F)(F)F)cc2)CC1. The summed E-state index contributed by atoms with van der Waals surface area (Å²) in [4.78, 5) is 23.3. The lowest BCUT2D eigenvalue weighted by Gasteiger charge is -2.20. The minimum Gasteiger partial charge on any atom is -0.480 e. The molecule has 0 radical (unpaired) electrons. The molecule has 1 amide bonds. The number of hydrogen-bond donors (Lipinski definition) is 2. The lowest BCUT2D eigenvalue weighted by molar-refractivity contribution is -0.274. The predicted molar refractivity (Wildman–Crippen MR) is 78.7 cm³/mol. The molecule has 1 aromatic rings. The molecule has 26 heavy (non-hydrogen) atoms. The molecule has 0 bridgehead atoms. The van der Waals surface area contributed by atoms with Crippen molar-refractivity contribution in [3.63, 3.8) is 0 Å². The monoisotopic (exact) mass is 381 g/mol. The Kier molecular flexibility index (Phi) is 5.72. The third-order valence-corrected chi connectivity index (χ3v) is 4.05. The molecule has 2 N–H and O–H groups in total. The first-order valence-corrected chi connectivity index (χ1v) is 7.67. The van der Waals surface area contributed by atoms with Crippen LogP contribution in [-0.2, 0) is 16.0 Å². The Bertz CT molecular complexity index is 656. The second kappa shape index (κ2) is 7.46. The van der Waals surface area contributed by atoms with Gasteiger partial charge >= 0.3 is 12.3 Å². The molecule has 1 fully saturated rings. The van der Waals surface area contributed by atoms with Gasteiger partial charge in [-0.1, -0.05) is 12.1 Å². The molecule has 1 unspecified atom stereocenters. The van der Waals surface area contributed by atoms with Crippen LogP contribution in [0.2, 0.25) is 0 Å². The van der Waals surface area contributed by atoms with E-state index in [0.29, 0.717) is 18.4 Å². The van der Waals surface area contributed by atoms with Gasteiger partial charge in [0.05, 0.1) is 5.41 Å². The Morgan fingerprint density at radius 3 is 2.19 bits per heavy atom. The molecule has 1 atom stereocenters. The van der Waals surface area contributed by atoms with E-state index in [9.17, 15) is 31.5 Å². The number of hydrogen-bond acceptors (Lipinski definition) is 3. The van der Waals surface area contributed by atoms with Gasteiger partial charge in [-0.05, 0) is 37.0 Å². The van der Waals surface area contributed by atoms with Crippen LogP contribution >= 0.6 is 0 Å². The van der Waals surface area contributed by atoms with Crippen LogP contribution in [0.15, 0.2) is 24.3 Å². The maximum absolute atomic E-state index is 12.4. The molecule has 0 aliphatic heterocycles. The van der Waals surface area contributed by atoms with E-state index in [4.69, 9.17) is 5.11 Å². The highest BCUT2D eigenvalue weighted by molar-refractivity contribution is 5.89. The van der Waals surface area contributed by atoms with E-state index in [-0.39, 0.29) is 6.42 Å². The zero-order valence-corrected chi connectivity index (χ0v) is 13.4. The van der Waals surface area contributed by atoms with Crippen molar-refractivity contribution in [2.45, 2.75) is 44.5 Å². The van der Waals surface area contributed by atoms with Gasteiger partial charge in [-0.3, -0.25) is 4.79 Å². The molecule has 1 aliphatic rings. The summed E-state index contributed by atoms with van der Waals surface area (Å²) in [6.07, 6.45) is -7.67. The quantitative estimate of drug-likeness (QED) is 0.679. The third-order valence-electron chi connectivity index (χ3n) is 4.05. The van der Waals surface area contributed by atoms with Crippen LogP contribution in [0.25, 0.3) is 0 Å². The number of carbonyl (C=O) groups excluding carboxylic acids is 1. The predicted octanol–water partition coefficient (Wildman–Crippen LogP) is 3.13. The van der Waals surface area contributed by atoms with E-state index < -0.39 is 48.3 Å². The minimum atomic E-state index is -4.81. The maximum atomic E-state index is 12.4. The number of nitrogens with one attached hydrogen (secondary N) is 1. The highest BCUT2D eigenvalue weighted by Gasteiger charge is 2.50. The van der Waals surface area contributed by atoms with E-state index in [1.165, 1.54) is 12.1 Å². The van der Waals surface area contributed by atoms with Gasteiger partial charge in [0, 0.05) is 6.42 Å². The summed E-state index contributed by atoms with van der Waals surface area (Å²) in [5, 5.41) is 11.0. The first-order chi connectivity index (χ1) is 12.0.